The molecule has 0 radical (unpaired) electrons. The van der Waals surface area contributed by atoms with Crippen LogP contribution in [-0.4, -0.2) is 36.0 Å². The van der Waals surface area contributed by atoms with Gasteiger partial charge in [0.05, 0.1) is 5.75 Å². The van der Waals surface area contributed by atoms with Gasteiger partial charge in [0.25, 0.3) is 0 Å². The number of aromatic nitrogens is 2. The highest BCUT2D eigenvalue weighted by Gasteiger charge is 2.31. The lowest BCUT2D eigenvalue weighted by Crippen LogP contribution is -2.39. The third-order valence-corrected chi connectivity index (χ3v) is 7.80. The van der Waals surface area contributed by atoms with Gasteiger partial charge < -0.3 is 0 Å². The summed E-state index contributed by atoms with van der Waals surface area (Å²) in [6.07, 6.45) is 1.62. The number of nitrogens with zero attached hydrogens (tertiary/aromatic N) is 3. The zero-order valence-corrected chi connectivity index (χ0v) is 16.8. The van der Waals surface area contributed by atoms with Crippen LogP contribution in [0.4, 0.5) is 4.39 Å². The molecule has 1 aliphatic rings. The van der Waals surface area contributed by atoms with E-state index in [0.29, 0.717) is 23.7 Å². The first-order valence-corrected chi connectivity index (χ1v) is 11.6. The largest absolute Gasteiger partial charge is 0.218 e. The summed E-state index contributed by atoms with van der Waals surface area (Å²) < 4.78 is 41.3. The Morgan fingerprint density at radius 2 is 1.82 bits per heavy atom. The summed E-state index contributed by atoms with van der Waals surface area (Å²) in [5.74, 6) is -0.352. The Morgan fingerprint density at radius 1 is 1.07 bits per heavy atom. The molecule has 146 valence electrons. The molecule has 0 N–H and O–H groups in total. The Hall–Kier alpha value is -2.16. The Labute approximate surface area is 167 Å². The molecule has 28 heavy (non-hydrogen) atoms. The van der Waals surface area contributed by atoms with E-state index in [1.807, 2.05) is 30.3 Å². The van der Waals surface area contributed by atoms with Gasteiger partial charge in [-0.3, -0.25) is 0 Å². The van der Waals surface area contributed by atoms with Crippen LogP contribution in [0.15, 0.2) is 54.6 Å². The SMILES string of the molecule is O=S(=O)(Cc1ccccc1)N1CCCC(c2nnc(-c3ccccc3F)s2)C1. The quantitative estimate of drug-likeness (QED) is 0.628. The van der Waals surface area contributed by atoms with Gasteiger partial charge in [-0.25, -0.2) is 17.1 Å². The zero-order chi connectivity index (χ0) is 19.6. The van der Waals surface area contributed by atoms with Crippen molar-refractivity contribution in [3.63, 3.8) is 0 Å². The summed E-state index contributed by atoms with van der Waals surface area (Å²) in [4.78, 5) is 0. The number of rotatable bonds is 5. The number of sulfonamides is 1. The average Bonchev–Trinajstić information content (AvgIpc) is 3.19. The summed E-state index contributed by atoms with van der Waals surface area (Å²) in [5, 5.41) is 9.66. The van der Waals surface area contributed by atoms with Crippen molar-refractivity contribution in [1.82, 2.24) is 14.5 Å². The fourth-order valence-electron chi connectivity index (χ4n) is 3.42. The molecule has 0 amide bonds. The molecule has 1 atom stereocenters. The van der Waals surface area contributed by atoms with E-state index in [0.717, 1.165) is 23.4 Å². The molecule has 2 aromatic carbocycles. The lowest BCUT2D eigenvalue weighted by atomic mass is 10.0. The Bertz CT molecular complexity index is 1050. The molecule has 3 aromatic rings. The molecule has 8 heteroatoms. The van der Waals surface area contributed by atoms with E-state index in [4.69, 9.17) is 0 Å². The molecule has 1 fully saturated rings. The normalized spacial score (nSPS) is 18.2. The molecule has 2 heterocycles. The number of halogens is 1. The monoisotopic (exact) mass is 417 g/mol. The fourth-order valence-corrected chi connectivity index (χ4v) is 6.02. The number of hydrogen-bond acceptors (Lipinski definition) is 5. The minimum atomic E-state index is -3.40. The lowest BCUT2D eigenvalue weighted by Gasteiger charge is -2.30. The molecule has 0 aliphatic carbocycles. The second kappa shape index (κ2) is 8.06. The van der Waals surface area contributed by atoms with Crippen LogP contribution in [0.3, 0.4) is 0 Å². The first-order chi connectivity index (χ1) is 13.5. The molecule has 5 nitrogen and oxygen atoms in total. The molecule has 0 bridgehead atoms. The summed E-state index contributed by atoms with van der Waals surface area (Å²) in [6, 6.07) is 15.7. The van der Waals surface area contributed by atoms with Crippen molar-refractivity contribution in [2.24, 2.45) is 0 Å². The second-order valence-corrected chi connectivity index (χ2v) is 9.84. The van der Waals surface area contributed by atoms with Crippen molar-refractivity contribution >= 4 is 21.4 Å². The Kier molecular flexibility index (Phi) is 5.52. The summed E-state index contributed by atoms with van der Waals surface area (Å²) in [6.45, 7) is 0.908. The van der Waals surface area contributed by atoms with Crippen LogP contribution < -0.4 is 0 Å². The number of hydrogen-bond donors (Lipinski definition) is 0. The van der Waals surface area contributed by atoms with Crippen LogP contribution in [0.25, 0.3) is 10.6 Å². The van der Waals surface area contributed by atoms with Crippen LogP contribution in [0, 0.1) is 5.82 Å². The predicted molar refractivity (Wildman–Crippen MR) is 108 cm³/mol. The molecular formula is C20H20FN3O2S2. The predicted octanol–water partition coefficient (Wildman–Crippen LogP) is 4.05. The molecule has 1 saturated heterocycles. The van der Waals surface area contributed by atoms with E-state index in [-0.39, 0.29) is 17.5 Å². The van der Waals surface area contributed by atoms with Gasteiger partial charge in [-0.15, -0.1) is 10.2 Å². The number of benzene rings is 2. The van der Waals surface area contributed by atoms with Gasteiger partial charge in [0.1, 0.15) is 10.8 Å². The van der Waals surface area contributed by atoms with Crippen molar-refractivity contribution in [3.8, 4) is 10.6 Å². The maximum atomic E-state index is 14.0. The maximum Gasteiger partial charge on any atom is 0.218 e. The van der Waals surface area contributed by atoms with E-state index < -0.39 is 10.0 Å². The van der Waals surface area contributed by atoms with Crippen LogP contribution in [0.1, 0.15) is 29.3 Å². The topological polar surface area (TPSA) is 63.2 Å². The first-order valence-electron chi connectivity index (χ1n) is 9.13. The number of piperidine rings is 1. The molecule has 1 aliphatic heterocycles. The Balaban J connectivity index is 1.51. The van der Waals surface area contributed by atoms with Crippen LogP contribution in [0.2, 0.25) is 0 Å². The average molecular weight is 418 g/mol. The van der Waals surface area contributed by atoms with E-state index in [1.54, 1.807) is 22.5 Å². The molecule has 1 unspecified atom stereocenters. The van der Waals surface area contributed by atoms with Gasteiger partial charge in [-0.1, -0.05) is 53.8 Å². The minimum absolute atomic E-state index is 0.00282. The summed E-state index contributed by atoms with van der Waals surface area (Å²) in [7, 11) is -3.40. The highest BCUT2D eigenvalue weighted by molar-refractivity contribution is 7.88. The van der Waals surface area contributed by atoms with E-state index in [9.17, 15) is 12.8 Å². The second-order valence-electron chi connectivity index (χ2n) is 6.86. The standard InChI is InChI=1S/C20H20FN3O2S2/c21-18-11-5-4-10-17(18)20-23-22-19(27-20)16-9-6-12-24(13-16)28(25,26)14-15-7-2-1-3-8-15/h1-5,7-8,10-11,16H,6,9,12-14H2. The van der Waals surface area contributed by atoms with E-state index >= 15 is 0 Å². The third-order valence-electron chi connectivity index (χ3n) is 4.86. The van der Waals surface area contributed by atoms with Crippen molar-refractivity contribution in [2.75, 3.05) is 13.1 Å². The lowest BCUT2D eigenvalue weighted by molar-refractivity contribution is 0.314. The zero-order valence-electron chi connectivity index (χ0n) is 15.2. The Morgan fingerprint density at radius 3 is 2.61 bits per heavy atom. The van der Waals surface area contributed by atoms with Gasteiger partial charge in [0.15, 0.2) is 5.01 Å². The van der Waals surface area contributed by atoms with Gasteiger partial charge in [-0.2, -0.15) is 0 Å². The summed E-state index contributed by atoms with van der Waals surface area (Å²) in [5.41, 5.74) is 1.21. The highest BCUT2D eigenvalue weighted by Crippen LogP contribution is 2.34. The van der Waals surface area contributed by atoms with Crippen molar-refractivity contribution in [1.29, 1.82) is 0 Å². The van der Waals surface area contributed by atoms with Crippen molar-refractivity contribution < 1.29 is 12.8 Å². The van der Waals surface area contributed by atoms with Crippen LogP contribution in [0.5, 0.6) is 0 Å². The van der Waals surface area contributed by atoms with E-state index in [2.05, 4.69) is 10.2 Å². The molecular weight excluding hydrogens is 397 g/mol. The maximum absolute atomic E-state index is 14.0. The van der Waals surface area contributed by atoms with Crippen molar-refractivity contribution in [2.45, 2.75) is 24.5 Å². The van der Waals surface area contributed by atoms with Gasteiger partial charge >= 0.3 is 0 Å². The first kappa shape index (κ1) is 19.2. The summed E-state index contributed by atoms with van der Waals surface area (Å²) >= 11 is 1.34. The molecule has 4 rings (SSSR count). The van der Waals surface area contributed by atoms with Gasteiger partial charge in [0, 0.05) is 24.6 Å². The minimum Gasteiger partial charge on any atom is -0.212 e. The van der Waals surface area contributed by atoms with Gasteiger partial charge in [0.2, 0.25) is 10.0 Å². The molecule has 1 aromatic heterocycles. The molecule has 0 spiro atoms. The highest BCUT2D eigenvalue weighted by atomic mass is 32.2. The smallest absolute Gasteiger partial charge is 0.212 e. The van der Waals surface area contributed by atoms with Gasteiger partial charge in [-0.05, 0) is 30.5 Å². The molecule has 0 saturated carbocycles. The van der Waals surface area contributed by atoms with Crippen molar-refractivity contribution in [3.05, 3.63) is 71.0 Å². The van der Waals surface area contributed by atoms with Crippen LogP contribution in [-0.2, 0) is 15.8 Å². The van der Waals surface area contributed by atoms with E-state index in [1.165, 1.54) is 17.4 Å². The third kappa shape index (κ3) is 4.14. The fraction of sp³-hybridized carbons (Fsp3) is 0.300. The van der Waals surface area contributed by atoms with Crippen LogP contribution >= 0.6 is 11.3 Å².